The van der Waals surface area contributed by atoms with Gasteiger partial charge >= 0.3 is 5.97 Å². The Hall–Kier alpha value is -2.42. The van der Waals surface area contributed by atoms with Gasteiger partial charge in [-0.2, -0.15) is 4.68 Å². The highest BCUT2D eigenvalue weighted by atomic mass is 32.2. The largest absolute Gasteiger partial charge is 0.455 e. The summed E-state index contributed by atoms with van der Waals surface area (Å²) in [5, 5.41) is 12.3. The third-order valence-electron chi connectivity index (χ3n) is 5.19. The van der Waals surface area contributed by atoms with Crippen molar-refractivity contribution in [3.05, 3.63) is 29.3 Å². The van der Waals surface area contributed by atoms with Gasteiger partial charge in [0.15, 0.2) is 6.61 Å². The van der Waals surface area contributed by atoms with Crippen molar-refractivity contribution in [1.29, 1.82) is 0 Å². The van der Waals surface area contributed by atoms with Gasteiger partial charge in [0.2, 0.25) is 5.16 Å². The average molecular weight is 418 g/mol. The lowest BCUT2D eigenvalue weighted by molar-refractivity contribution is -0.153. The maximum absolute atomic E-state index is 12.5. The van der Waals surface area contributed by atoms with E-state index in [1.165, 1.54) is 11.8 Å². The van der Waals surface area contributed by atoms with E-state index in [1.54, 1.807) is 4.68 Å². The quantitative estimate of drug-likeness (QED) is 0.527. The molecule has 0 spiro atoms. The molecule has 2 atom stereocenters. The molecule has 1 aliphatic heterocycles. The molecule has 0 unspecified atom stereocenters. The number of piperidine rings is 1. The van der Waals surface area contributed by atoms with Crippen LogP contribution in [0.15, 0.2) is 23.4 Å². The van der Waals surface area contributed by atoms with Gasteiger partial charge in [-0.25, -0.2) is 0 Å². The molecule has 156 valence electrons. The van der Waals surface area contributed by atoms with Gasteiger partial charge in [-0.3, -0.25) is 9.59 Å². The first-order chi connectivity index (χ1) is 13.9. The second kappa shape index (κ2) is 9.39. The molecule has 9 heteroatoms. The number of likely N-dealkylation sites (tertiary alicyclic amines) is 1. The zero-order valence-electron chi connectivity index (χ0n) is 17.3. The lowest BCUT2D eigenvalue weighted by Gasteiger charge is -2.38. The number of thioether (sulfide) groups is 1. The standard InChI is InChI=1S/C20H27N5O3S/c1-13-8-9-14(2)17(10-13)25-20(21-22-23-25)29-12-19(27)28-11-18(26)24-15(3)6-5-7-16(24)4/h8-10,15-16H,5-7,11-12H2,1-4H3/t15-,16-/m1/s1. The van der Waals surface area contributed by atoms with Gasteiger partial charge in [-0.15, -0.1) is 5.10 Å². The SMILES string of the molecule is Cc1ccc(C)c(-n2nnnc2SCC(=O)OCC(=O)N2[C@H](C)CCC[C@H]2C)c1. The molecular weight excluding hydrogens is 390 g/mol. The second-order valence-corrected chi connectivity index (χ2v) is 8.49. The lowest BCUT2D eigenvalue weighted by Crippen LogP contribution is -2.49. The van der Waals surface area contributed by atoms with E-state index in [9.17, 15) is 9.59 Å². The molecule has 1 aromatic heterocycles. The summed E-state index contributed by atoms with van der Waals surface area (Å²) >= 11 is 1.19. The van der Waals surface area contributed by atoms with E-state index in [-0.39, 0.29) is 30.4 Å². The Morgan fingerprint density at radius 3 is 2.66 bits per heavy atom. The van der Waals surface area contributed by atoms with Crippen LogP contribution in [0.1, 0.15) is 44.2 Å². The minimum absolute atomic E-state index is 0.0314. The molecule has 8 nitrogen and oxygen atoms in total. The van der Waals surface area contributed by atoms with Gasteiger partial charge in [0, 0.05) is 12.1 Å². The highest BCUT2D eigenvalue weighted by Gasteiger charge is 2.29. The van der Waals surface area contributed by atoms with Crippen molar-refractivity contribution in [1.82, 2.24) is 25.1 Å². The molecule has 1 amide bonds. The van der Waals surface area contributed by atoms with Crippen molar-refractivity contribution >= 4 is 23.6 Å². The molecule has 0 saturated carbocycles. The number of amides is 1. The van der Waals surface area contributed by atoms with Crippen LogP contribution in [-0.2, 0) is 14.3 Å². The van der Waals surface area contributed by atoms with E-state index in [4.69, 9.17) is 4.74 Å². The molecule has 1 fully saturated rings. The van der Waals surface area contributed by atoms with Crippen LogP contribution in [0.25, 0.3) is 5.69 Å². The minimum Gasteiger partial charge on any atom is -0.455 e. The Labute approximate surface area is 175 Å². The van der Waals surface area contributed by atoms with Gasteiger partial charge in [0.1, 0.15) is 0 Å². The zero-order chi connectivity index (χ0) is 21.0. The number of aryl methyl sites for hydroxylation is 2. The maximum atomic E-state index is 12.5. The fraction of sp³-hybridized carbons (Fsp3) is 0.550. The monoisotopic (exact) mass is 417 g/mol. The Balaban J connectivity index is 1.55. The molecule has 1 aromatic carbocycles. The van der Waals surface area contributed by atoms with Crippen LogP contribution in [-0.4, -0.2) is 61.4 Å². The number of benzene rings is 1. The van der Waals surface area contributed by atoms with Crippen molar-refractivity contribution in [3.63, 3.8) is 0 Å². The number of carbonyl (C=O) groups is 2. The van der Waals surface area contributed by atoms with Gasteiger partial charge in [-0.1, -0.05) is 23.9 Å². The van der Waals surface area contributed by atoms with Crippen molar-refractivity contribution in [2.75, 3.05) is 12.4 Å². The summed E-state index contributed by atoms with van der Waals surface area (Å²) in [7, 11) is 0. The third-order valence-corrected chi connectivity index (χ3v) is 6.08. The van der Waals surface area contributed by atoms with E-state index in [1.807, 2.05) is 50.8 Å². The highest BCUT2D eigenvalue weighted by molar-refractivity contribution is 7.99. The predicted molar refractivity (Wildman–Crippen MR) is 110 cm³/mol. The number of hydrogen-bond acceptors (Lipinski definition) is 7. The van der Waals surface area contributed by atoms with E-state index in [0.717, 1.165) is 36.1 Å². The normalized spacial score (nSPS) is 19.2. The molecule has 29 heavy (non-hydrogen) atoms. The Morgan fingerprint density at radius 1 is 1.21 bits per heavy atom. The number of carbonyl (C=O) groups excluding carboxylic acids is 2. The highest BCUT2D eigenvalue weighted by Crippen LogP contribution is 2.23. The van der Waals surface area contributed by atoms with Crippen LogP contribution in [0.2, 0.25) is 0 Å². The zero-order valence-corrected chi connectivity index (χ0v) is 18.1. The summed E-state index contributed by atoms with van der Waals surface area (Å²) in [5.74, 6) is -0.566. The van der Waals surface area contributed by atoms with Crippen LogP contribution >= 0.6 is 11.8 Å². The Bertz CT molecular complexity index is 875. The fourth-order valence-corrected chi connectivity index (χ4v) is 4.34. The summed E-state index contributed by atoms with van der Waals surface area (Å²) in [5.41, 5.74) is 2.99. The van der Waals surface area contributed by atoms with Crippen LogP contribution in [0.4, 0.5) is 0 Å². The fourth-order valence-electron chi connectivity index (χ4n) is 3.66. The van der Waals surface area contributed by atoms with E-state index in [0.29, 0.717) is 5.16 Å². The van der Waals surface area contributed by atoms with Crippen LogP contribution in [0.3, 0.4) is 0 Å². The second-order valence-electron chi connectivity index (χ2n) is 7.54. The number of rotatable bonds is 6. The molecule has 0 radical (unpaired) electrons. The van der Waals surface area contributed by atoms with E-state index in [2.05, 4.69) is 15.5 Å². The number of aromatic nitrogens is 4. The Morgan fingerprint density at radius 2 is 1.93 bits per heavy atom. The van der Waals surface area contributed by atoms with Crippen molar-refractivity contribution in [2.24, 2.45) is 0 Å². The molecule has 2 heterocycles. The van der Waals surface area contributed by atoms with Crippen LogP contribution in [0, 0.1) is 13.8 Å². The summed E-state index contributed by atoms with van der Waals surface area (Å²) in [6, 6.07) is 6.38. The first-order valence-corrected chi connectivity index (χ1v) is 10.8. The van der Waals surface area contributed by atoms with Crippen LogP contribution < -0.4 is 0 Å². The first kappa shape index (κ1) is 21.3. The number of hydrogen-bond donors (Lipinski definition) is 0. The van der Waals surface area contributed by atoms with Crippen molar-refractivity contribution in [3.8, 4) is 5.69 Å². The van der Waals surface area contributed by atoms with Crippen molar-refractivity contribution < 1.29 is 14.3 Å². The smallest absolute Gasteiger partial charge is 0.316 e. The Kier molecular flexibility index (Phi) is 6.89. The van der Waals surface area contributed by atoms with E-state index >= 15 is 0 Å². The number of tetrazole rings is 1. The number of ether oxygens (including phenoxy) is 1. The molecule has 0 N–H and O–H groups in total. The minimum atomic E-state index is -0.462. The van der Waals surface area contributed by atoms with Crippen LogP contribution in [0.5, 0.6) is 0 Å². The third kappa shape index (κ3) is 5.14. The van der Waals surface area contributed by atoms with Crippen molar-refractivity contribution in [2.45, 2.75) is 64.2 Å². The summed E-state index contributed by atoms with van der Waals surface area (Å²) in [6.45, 7) is 7.83. The molecule has 2 aromatic rings. The summed E-state index contributed by atoms with van der Waals surface area (Å²) in [6.07, 6.45) is 3.10. The average Bonchev–Trinajstić information content (AvgIpc) is 3.15. The number of nitrogens with zero attached hydrogens (tertiary/aromatic N) is 5. The molecule has 0 bridgehead atoms. The van der Waals surface area contributed by atoms with Gasteiger partial charge in [0.05, 0.1) is 11.4 Å². The molecular formula is C20H27N5O3S. The topological polar surface area (TPSA) is 90.2 Å². The maximum Gasteiger partial charge on any atom is 0.316 e. The lowest BCUT2D eigenvalue weighted by atomic mass is 9.97. The van der Waals surface area contributed by atoms with Gasteiger partial charge < -0.3 is 9.64 Å². The van der Waals surface area contributed by atoms with E-state index < -0.39 is 5.97 Å². The first-order valence-electron chi connectivity index (χ1n) is 9.82. The predicted octanol–water partition coefficient (Wildman–Crippen LogP) is 2.70. The number of esters is 1. The summed E-state index contributed by atoms with van der Waals surface area (Å²) < 4.78 is 6.83. The molecule has 1 saturated heterocycles. The van der Waals surface area contributed by atoms with Gasteiger partial charge in [0.25, 0.3) is 5.91 Å². The van der Waals surface area contributed by atoms with Gasteiger partial charge in [-0.05, 0) is 74.6 Å². The summed E-state index contributed by atoms with van der Waals surface area (Å²) in [4.78, 5) is 26.5. The molecule has 3 rings (SSSR count). The molecule has 1 aliphatic rings. The molecule has 0 aliphatic carbocycles.